The molecule has 1 heterocycles. The van der Waals surface area contributed by atoms with Crippen LogP contribution in [0.4, 0.5) is 4.39 Å². The van der Waals surface area contributed by atoms with Gasteiger partial charge in [0, 0.05) is 0 Å². The number of aryl methyl sites for hydroxylation is 1. The van der Waals surface area contributed by atoms with Crippen LogP contribution in [0, 0.1) is 16.6 Å². The van der Waals surface area contributed by atoms with Crippen molar-refractivity contribution in [2.75, 3.05) is 0 Å². The van der Waals surface area contributed by atoms with Crippen molar-refractivity contribution < 1.29 is 4.39 Å². The highest BCUT2D eigenvalue weighted by molar-refractivity contribution is 14.1. The van der Waals surface area contributed by atoms with Crippen LogP contribution < -0.4 is 0 Å². The SMILES string of the molecule is Cc1cc(F)[nH]c1I. The lowest BCUT2D eigenvalue weighted by Gasteiger charge is -1.78. The second-order valence-electron chi connectivity index (χ2n) is 1.61. The fraction of sp³-hybridized carbons (Fsp3) is 0.200. The molecule has 1 aromatic heterocycles. The quantitative estimate of drug-likeness (QED) is 0.650. The Morgan fingerprint density at radius 2 is 2.38 bits per heavy atom. The molecule has 1 rings (SSSR count). The van der Waals surface area contributed by atoms with Gasteiger partial charge in [0.15, 0.2) is 5.95 Å². The molecular formula is C5H5FIN. The Hall–Kier alpha value is -0.0600. The van der Waals surface area contributed by atoms with Crippen molar-refractivity contribution in [2.45, 2.75) is 6.92 Å². The van der Waals surface area contributed by atoms with Crippen LogP contribution in [0.5, 0.6) is 0 Å². The van der Waals surface area contributed by atoms with Gasteiger partial charge in [-0.05, 0) is 41.1 Å². The van der Waals surface area contributed by atoms with Gasteiger partial charge in [-0.15, -0.1) is 0 Å². The van der Waals surface area contributed by atoms with E-state index in [-0.39, 0.29) is 5.95 Å². The van der Waals surface area contributed by atoms with E-state index in [2.05, 4.69) is 4.98 Å². The largest absolute Gasteiger partial charge is 0.327 e. The summed E-state index contributed by atoms with van der Waals surface area (Å²) in [5.41, 5.74) is 0.961. The summed E-state index contributed by atoms with van der Waals surface area (Å²) in [6.45, 7) is 1.86. The number of halogens is 2. The van der Waals surface area contributed by atoms with Gasteiger partial charge in [0.05, 0.1) is 3.70 Å². The molecule has 0 aromatic carbocycles. The van der Waals surface area contributed by atoms with Crippen LogP contribution in [-0.4, -0.2) is 4.98 Å². The van der Waals surface area contributed by atoms with Crippen LogP contribution in [0.1, 0.15) is 5.56 Å². The standard InChI is InChI=1S/C5H5FIN/c1-3-2-4(6)8-5(3)7/h2,8H,1H3. The maximum atomic E-state index is 12.1. The molecule has 1 nitrogen and oxygen atoms in total. The molecule has 0 bridgehead atoms. The summed E-state index contributed by atoms with van der Waals surface area (Å²) in [4.78, 5) is 2.53. The van der Waals surface area contributed by atoms with E-state index in [0.29, 0.717) is 0 Å². The van der Waals surface area contributed by atoms with E-state index in [4.69, 9.17) is 0 Å². The molecule has 0 amide bonds. The molecule has 0 radical (unpaired) electrons. The smallest absolute Gasteiger partial charge is 0.192 e. The number of H-pyrrole nitrogens is 1. The van der Waals surface area contributed by atoms with Crippen molar-refractivity contribution >= 4 is 22.6 Å². The molecule has 8 heavy (non-hydrogen) atoms. The first kappa shape index (κ1) is 6.07. The molecule has 0 spiro atoms. The Morgan fingerprint density at radius 1 is 1.75 bits per heavy atom. The molecule has 44 valence electrons. The molecule has 0 atom stereocenters. The van der Waals surface area contributed by atoms with Crippen molar-refractivity contribution in [3.8, 4) is 0 Å². The molecule has 1 aromatic rings. The number of hydrogen-bond acceptors (Lipinski definition) is 0. The Kier molecular flexibility index (Phi) is 1.55. The van der Waals surface area contributed by atoms with Gasteiger partial charge in [-0.1, -0.05) is 0 Å². The zero-order chi connectivity index (χ0) is 6.15. The minimum absolute atomic E-state index is 0.257. The van der Waals surface area contributed by atoms with Crippen LogP contribution >= 0.6 is 22.6 Å². The van der Waals surface area contributed by atoms with E-state index >= 15 is 0 Å². The third kappa shape index (κ3) is 1.02. The first-order valence-corrected chi connectivity index (χ1v) is 3.28. The van der Waals surface area contributed by atoms with Crippen LogP contribution in [0.15, 0.2) is 6.07 Å². The predicted molar refractivity (Wildman–Crippen MR) is 38.2 cm³/mol. The van der Waals surface area contributed by atoms with E-state index in [1.54, 1.807) is 0 Å². The minimum Gasteiger partial charge on any atom is -0.327 e. The van der Waals surface area contributed by atoms with Crippen LogP contribution in [0.25, 0.3) is 0 Å². The monoisotopic (exact) mass is 225 g/mol. The highest BCUT2D eigenvalue weighted by Gasteiger charge is 1.97. The van der Waals surface area contributed by atoms with Crippen LogP contribution in [-0.2, 0) is 0 Å². The lowest BCUT2D eigenvalue weighted by Crippen LogP contribution is -1.70. The zero-order valence-electron chi connectivity index (χ0n) is 4.33. The van der Waals surface area contributed by atoms with Gasteiger partial charge >= 0.3 is 0 Å². The highest BCUT2D eigenvalue weighted by atomic mass is 127. The number of rotatable bonds is 0. The number of hydrogen-bond donors (Lipinski definition) is 1. The summed E-state index contributed by atoms with van der Waals surface area (Å²) in [6.07, 6.45) is 0. The summed E-state index contributed by atoms with van der Waals surface area (Å²) < 4.78 is 13.0. The van der Waals surface area contributed by atoms with E-state index in [9.17, 15) is 4.39 Å². The van der Waals surface area contributed by atoms with Gasteiger partial charge in [0.2, 0.25) is 0 Å². The van der Waals surface area contributed by atoms with Crippen molar-refractivity contribution in [1.82, 2.24) is 4.98 Å². The number of aromatic nitrogens is 1. The molecule has 0 aliphatic carbocycles. The fourth-order valence-electron chi connectivity index (χ4n) is 0.493. The fourth-order valence-corrected chi connectivity index (χ4v) is 0.906. The van der Waals surface area contributed by atoms with E-state index in [1.807, 2.05) is 29.5 Å². The molecule has 1 N–H and O–H groups in total. The topological polar surface area (TPSA) is 15.8 Å². The van der Waals surface area contributed by atoms with Gasteiger partial charge in [-0.2, -0.15) is 4.39 Å². The average Bonchev–Trinajstić information content (AvgIpc) is 1.85. The molecule has 0 aliphatic heterocycles. The zero-order valence-corrected chi connectivity index (χ0v) is 6.49. The second-order valence-corrected chi connectivity index (χ2v) is 2.69. The Bertz CT molecular complexity index is 175. The minimum atomic E-state index is -0.257. The lowest BCUT2D eigenvalue weighted by atomic mass is 10.4. The highest BCUT2D eigenvalue weighted by Crippen LogP contribution is 2.09. The number of aromatic amines is 1. The molecule has 0 aliphatic rings. The normalized spacial score (nSPS) is 9.88. The first-order valence-electron chi connectivity index (χ1n) is 2.21. The summed E-state index contributed by atoms with van der Waals surface area (Å²) in [7, 11) is 0. The summed E-state index contributed by atoms with van der Waals surface area (Å²) in [5, 5.41) is 0. The third-order valence-electron chi connectivity index (χ3n) is 0.919. The summed E-state index contributed by atoms with van der Waals surface area (Å²) in [6, 6.07) is 1.47. The van der Waals surface area contributed by atoms with Gasteiger partial charge in [-0.25, -0.2) is 0 Å². The maximum absolute atomic E-state index is 12.1. The molecule has 0 unspecified atom stereocenters. The van der Waals surface area contributed by atoms with Gasteiger partial charge in [-0.3, -0.25) is 0 Å². The van der Waals surface area contributed by atoms with Crippen LogP contribution in [0.2, 0.25) is 0 Å². The summed E-state index contributed by atoms with van der Waals surface area (Å²) >= 11 is 2.05. The Labute approximate surface area is 60.4 Å². The number of nitrogens with one attached hydrogen (secondary N) is 1. The maximum Gasteiger partial charge on any atom is 0.192 e. The second kappa shape index (κ2) is 2.05. The van der Waals surface area contributed by atoms with Crippen molar-refractivity contribution in [3.63, 3.8) is 0 Å². The molecular weight excluding hydrogens is 220 g/mol. The van der Waals surface area contributed by atoms with E-state index in [0.717, 1.165) is 9.26 Å². The lowest BCUT2D eigenvalue weighted by molar-refractivity contribution is 0.589. The van der Waals surface area contributed by atoms with Crippen molar-refractivity contribution in [3.05, 3.63) is 21.3 Å². The van der Waals surface area contributed by atoms with Gasteiger partial charge in [0.1, 0.15) is 0 Å². The third-order valence-corrected chi connectivity index (χ3v) is 2.04. The first-order chi connectivity index (χ1) is 3.70. The Morgan fingerprint density at radius 3 is 2.50 bits per heavy atom. The Balaban J connectivity index is 3.14. The van der Waals surface area contributed by atoms with Gasteiger partial charge in [0.25, 0.3) is 0 Å². The molecule has 0 fully saturated rings. The van der Waals surface area contributed by atoms with Crippen LogP contribution in [0.3, 0.4) is 0 Å². The summed E-state index contributed by atoms with van der Waals surface area (Å²) in [5.74, 6) is -0.257. The van der Waals surface area contributed by atoms with E-state index in [1.165, 1.54) is 6.07 Å². The average molecular weight is 225 g/mol. The van der Waals surface area contributed by atoms with Gasteiger partial charge < -0.3 is 4.98 Å². The van der Waals surface area contributed by atoms with Crippen molar-refractivity contribution in [1.29, 1.82) is 0 Å². The van der Waals surface area contributed by atoms with Crippen molar-refractivity contribution in [2.24, 2.45) is 0 Å². The molecule has 0 saturated carbocycles. The molecule has 3 heteroatoms. The molecule has 0 saturated heterocycles. The predicted octanol–water partition coefficient (Wildman–Crippen LogP) is 2.07. The van der Waals surface area contributed by atoms with E-state index < -0.39 is 0 Å².